The lowest BCUT2D eigenvalue weighted by Gasteiger charge is -2.39. The largest absolute Gasteiger partial charge is 0.466 e. The van der Waals surface area contributed by atoms with Crippen LogP contribution in [0, 0.1) is 30.6 Å². The lowest BCUT2D eigenvalue weighted by atomic mass is 9.62. The molecule has 8 atom stereocenters. The Kier molecular flexibility index (Phi) is 7.18. The number of fused-ring (bicyclic) bond motifs is 1. The first kappa shape index (κ1) is 26.9. The molecule has 3 saturated heterocycles. The van der Waals surface area contributed by atoms with Crippen molar-refractivity contribution in [3.8, 4) is 0 Å². The van der Waals surface area contributed by atoms with Crippen LogP contribution in [-0.2, 0) is 23.9 Å². The molecule has 3 unspecified atom stereocenters. The number of nitrogens with one attached hydrogen (secondary N) is 1. The zero-order chi connectivity index (χ0) is 26.6. The van der Waals surface area contributed by atoms with E-state index in [2.05, 4.69) is 5.32 Å². The summed E-state index contributed by atoms with van der Waals surface area (Å²) in [7, 11) is 0. The molecule has 1 aromatic carbocycles. The quantitative estimate of drug-likeness (QED) is 0.508. The van der Waals surface area contributed by atoms with Crippen molar-refractivity contribution in [3.05, 3.63) is 28.8 Å². The van der Waals surface area contributed by atoms with Crippen molar-refractivity contribution in [2.75, 3.05) is 18.5 Å². The number of benzene rings is 1. The number of aliphatic hydroxyl groups excluding tert-OH is 1. The fraction of sp³-hybridized carbons (Fsp3) is 0.667. The van der Waals surface area contributed by atoms with E-state index in [1.807, 2.05) is 40.7 Å². The van der Waals surface area contributed by atoms with Crippen molar-refractivity contribution < 1.29 is 29.0 Å². The maximum absolute atomic E-state index is 14.2. The van der Waals surface area contributed by atoms with E-state index in [0.717, 1.165) is 5.56 Å². The highest BCUT2D eigenvalue weighted by atomic mass is 35.5. The third-order valence-electron chi connectivity index (χ3n) is 8.86. The summed E-state index contributed by atoms with van der Waals surface area (Å²) in [6.45, 7) is 11.2. The number of aliphatic hydroxyl groups is 1. The maximum atomic E-state index is 14.2. The van der Waals surface area contributed by atoms with Gasteiger partial charge in [-0.3, -0.25) is 14.4 Å². The number of anilines is 1. The minimum Gasteiger partial charge on any atom is -0.466 e. The molecule has 2 amide bonds. The molecule has 2 bridgehead atoms. The zero-order valence-electron chi connectivity index (χ0n) is 21.8. The predicted molar refractivity (Wildman–Crippen MR) is 135 cm³/mol. The van der Waals surface area contributed by atoms with Crippen molar-refractivity contribution in [1.82, 2.24) is 4.90 Å². The molecule has 3 aliphatic rings. The topological polar surface area (TPSA) is 105 Å². The number of carbonyl (C=O) groups excluding carboxylic acids is 3. The van der Waals surface area contributed by atoms with Gasteiger partial charge in [0.05, 0.1) is 41.5 Å². The van der Waals surface area contributed by atoms with Crippen LogP contribution in [0.4, 0.5) is 5.69 Å². The molecular formula is C27H37ClN2O6. The van der Waals surface area contributed by atoms with Gasteiger partial charge in [0.25, 0.3) is 0 Å². The smallest absolute Gasteiger partial charge is 0.312 e. The van der Waals surface area contributed by atoms with Crippen molar-refractivity contribution in [2.45, 2.75) is 77.7 Å². The van der Waals surface area contributed by atoms with E-state index < -0.39 is 47.0 Å². The number of rotatable bonds is 8. The van der Waals surface area contributed by atoms with Gasteiger partial charge in [-0.1, -0.05) is 50.9 Å². The molecule has 0 saturated carbocycles. The number of carbonyl (C=O) groups is 3. The average Bonchev–Trinajstić information content (AvgIpc) is 3.34. The second-order valence-electron chi connectivity index (χ2n) is 10.8. The molecular weight excluding hydrogens is 484 g/mol. The molecule has 0 aromatic heterocycles. The van der Waals surface area contributed by atoms with Gasteiger partial charge in [0, 0.05) is 0 Å². The predicted octanol–water partition coefficient (Wildman–Crippen LogP) is 3.57. The molecule has 0 aliphatic carbocycles. The first-order valence-corrected chi connectivity index (χ1v) is 13.2. The van der Waals surface area contributed by atoms with Crippen molar-refractivity contribution >= 4 is 35.1 Å². The Morgan fingerprint density at radius 1 is 1.36 bits per heavy atom. The monoisotopic (exact) mass is 520 g/mol. The highest BCUT2D eigenvalue weighted by Gasteiger charge is 2.80. The third kappa shape index (κ3) is 3.75. The van der Waals surface area contributed by atoms with Crippen LogP contribution in [-0.4, -0.2) is 64.3 Å². The summed E-state index contributed by atoms with van der Waals surface area (Å²) in [5, 5.41) is 13.7. The number of hydrogen-bond donors (Lipinski definition) is 2. The second kappa shape index (κ2) is 9.62. The van der Waals surface area contributed by atoms with Gasteiger partial charge in [-0.2, -0.15) is 0 Å². The van der Waals surface area contributed by atoms with E-state index in [1.165, 1.54) is 4.90 Å². The van der Waals surface area contributed by atoms with Crippen LogP contribution >= 0.6 is 11.6 Å². The van der Waals surface area contributed by atoms with Gasteiger partial charge in [-0.25, -0.2) is 0 Å². The number of likely N-dealkylation sites (tertiary alicyclic amines) is 1. The number of esters is 1. The van der Waals surface area contributed by atoms with Gasteiger partial charge in [0.1, 0.15) is 17.6 Å². The third-order valence-corrected chi connectivity index (χ3v) is 9.17. The van der Waals surface area contributed by atoms with E-state index in [-0.39, 0.29) is 31.0 Å². The molecule has 8 nitrogen and oxygen atoms in total. The summed E-state index contributed by atoms with van der Waals surface area (Å²) in [5.41, 5.74) is -0.914. The van der Waals surface area contributed by atoms with Gasteiger partial charge in [0.2, 0.25) is 11.8 Å². The zero-order valence-corrected chi connectivity index (χ0v) is 22.6. The average molecular weight is 521 g/mol. The molecule has 2 N–H and O–H groups in total. The normalized spacial score (nSPS) is 34.4. The molecule has 36 heavy (non-hydrogen) atoms. The van der Waals surface area contributed by atoms with Crippen LogP contribution < -0.4 is 5.32 Å². The van der Waals surface area contributed by atoms with Crippen LogP contribution in [0.2, 0.25) is 5.02 Å². The molecule has 198 valence electrons. The van der Waals surface area contributed by atoms with E-state index in [9.17, 15) is 19.5 Å². The number of halogens is 1. The number of hydrogen-bond acceptors (Lipinski definition) is 6. The number of aryl methyl sites for hydroxylation is 1. The summed E-state index contributed by atoms with van der Waals surface area (Å²) in [4.78, 5) is 43.0. The summed E-state index contributed by atoms with van der Waals surface area (Å²) in [6, 6.07) is 3.68. The lowest BCUT2D eigenvalue weighted by Crippen LogP contribution is -2.57. The van der Waals surface area contributed by atoms with Crippen LogP contribution in [0.25, 0.3) is 0 Å². The van der Waals surface area contributed by atoms with Gasteiger partial charge in [-0.05, 0) is 50.7 Å². The Morgan fingerprint density at radius 2 is 2.06 bits per heavy atom. The summed E-state index contributed by atoms with van der Waals surface area (Å²) in [6.07, 6.45) is 1.13. The SMILES string of the molecule is CCOC(=O)[C@H]1[C@H]2C(=O)N([C@@H](CO)[C@@H](C)CC)C(C(=O)Nc3c(C)cccc3Cl)C23CC(C)[C@]1(C)O3. The van der Waals surface area contributed by atoms with Crippen molar-refractivity contribution in [2.24, 2.45) is 23.7 Å². The molecule has 9 heteroatoms. The van der Waals surface area contributed by atoms with E-state index in [4.69, 9.17) is 21.1 Å². The second-order valence-corrected chi connectivity index (χ2v) is 11.2. The van der Waals surface area contributed by atoms with Crippen molar-refractivity contribution in [1.29, 1.82) is 0 Å². The molecule has 3 fully saturated rings. The molecule has 1 aromatic rings. The maximum Gasteiger partial charge on any atom is 0.312 e. The Labute approximate surface area is 217 Å². The number of ether oxygens (including phenoxy) is 2. The number of amides is 2. The Bertz CT molecular complexity index is 1040. The minimum absolute atomic E-state index is 0.0854. The molecule has 0 radical (unpaired) electrons. The fourth-order valence-corrected chi connectivity index (χ4v) is 6.99. The number of para-hydroxylation sites is 1. The summed E-state index contributed by atoms with van der Waals surface area (Å²) < 4.78 is 12.1. The van der Waals surface area contributed by atoms with Gasteiger partial charge in [-0.15, -0.1) is 0 Å². The highest BCUT2D eigenvalue weighted by Crippen LogP contribution is 2.65. The van der Waals surface area contributed by atoms with E-state index >= 15 is 0 Å². The summed E-state index contributed by atoms with van der Waals surface area (Å²) in [5.74, 6) is -3.17. The van der Waals surface area contributed by atoms with Crippen molar-refractivity contribution in [3.63, 3.8) is 0 Å². The first-order valence-electron chi connectivity index (χ1n) is 12.8. The van der Waals surface area contributed by atoms with Crippen LogP contribution in [0.5, 0.6) is 0 Å². The standard InChI is InChI=1S/C27H37ClN2O6/c1-7-14(3)18(13-31)30-22(23(32)29-21-15(4)10-9-11-17(21)28)27-12-16(5)26(6,36-27)20(19(27)24(30)33)25(34)35-8-2/h9-11,14,16,18-20,22,31H,7-8,12-13H2,1-6H3,(H,29,32)/t14-,16?,18-,19-,20+,22?,26-,27?/m0/s1. The van der Waals surface area contributed by atoms with Gasteiger partial charge in [0.15, 0.2) is 0 Å². The minimum atomic E-state index is -1.22. The first-order chi connectivity index (χ1) is 17.0. The van der Waals surface area contributed by atoms with E-state index in [1.54, 1.807) is 19.1 Å². The fourth-order valence-electron chi connectivity index (χ4n) is 6.72. The molecule has 3 heterocycles. The van der Waals surface area contributed by atoms with E-state index in [0.29, 0.717) is 23.6 Å². The van der Waals surface area contributed by atoms with Crippen LogP contribution in [0.1, 0.15) is 53.0 Å². The molecule has 4 rings (SSSR count). The Hall–Kier alpha value is -2.16. The summed E-state index contributed by atoms with van der Waals surface area (Å²) >= 11 is 6.41. The highest BCUT2D eigenvalue weighted by molar-refractivity contribution is 6.34. The molecule has 1 spiro atoms. The van der Waals surface area contributed by atoms with Gasteiger partial charge >= 0.3 is 5.97 Å². The lowest BCUT2D eigenvalue weighted by molar-refractivity contribution is -0.162. The Balaban J connectivity index is 1.85. The Morgan fingerprint density at radius 3 is 2.64 bits per heavy atom. The van der Waals surface area contributed by atoms with Crippen LogP contribution in [0.15, 0.2) is 18.2 Å². The molecule has 3 aliphatic heterocycles. The van der Waals surface area contributed by atoms with Gasteiger partial charge < -0.3 is 24.8 Å². The van der Waals surface area contributed by atoms with Crippen LogP contribution in [0.3, 0.4) is 0 Å². The number of nitrogens with zero attached hydrogens (tertiary/aromatic N) is 1.